The van der Waals surface area contributed by atoms with Crippen molar-refractivity contribution in [1.29, 1.82) is 5.41 Å². The molecule has 0 spiro atoms. The van der Waals surface area contributed by atoms with E-state index < -0.39 is 0 Å². The van der Waals surface area contributed by atoms with Crippen molar-refractivity contribution in [3.8, 4) is 0 Å². The Kier molecular flexibility index (Phi) is 19.5. The number of rotatable bonds is 2. The number of halogens is 2. The number of ether oxygens (including phenoxy) is 1. The molecule has 0 amide bonds. The molecule has 2 nitrogen and oxygen atoms in total. The summed E-state index contributed by atoms with van der Waals surface area (Å²) >= 11 is 0. The molecule has 0 saturated carbocycles. The van der Waals surface area contributed by atoms with Gasteiger partial charge in [-0.2, -0.15) is 0 Å². The highest BCUT2D eigenvalue weighted by Gasteiger charge is 1.85. The summed E-state index contributed by atoms with van der Waals surface area (Å²) in [6, 6.07) is 0. The molecular weight excluding hydrogens is 161 g/mol. The molecule has 4 heteroatoms. The Hall–Kier alpha value is 0.0500. The second-order valence-electron chi connectivity index (χ2n) is 1.21. The monoisotopic (exact) mass is 173 g/mol. The summed E-state index contributed by atoms with van der Waals surface area (Å²) in [5.74, 6) is 0.377. The summed E-state index contributed by atoms with van der Waals surface area (Å²) in [5, 5.41) is 6.92. The highest BCUT2D eigenvalue weighted by Crippen LogP contribution is 1.81. The molecule has 0 fully saturated rings. The molecular formula is C5H13Cl2NO. The molecule has 0 aliphatic carbocycles. The molecule has 0 bridgehead atoms. The lowest BCUT2D eigenvalue weighted by Gasteiger charge is -1.97. The summed E-state index contributed by atoms with van der Waals surface area (Å²) in [5.41, 5.74) is 0. The fourth-order valence-corrected chi connectivity index (χ4v) is 0.276. The molecule has 0 aromatic heterocycles. The Balaban J connectivity index is -0.000000180. The molecule has 0 radical (unpaired) electrons. The standard InChI is InChI=1S/C5H11NO.2ClH/c1-3-5(6)7-4-2;;/h6H,3-4H2,1-2H3;2*1H. The van der Waals surface area contributed by atoms with Crippen LogP contribution in [0.3, 0.4) is 0 Å². The Morgan fingerprint density at radius 3 is 1.89 bits per heavy atom. The number of hydrogen-bond acceptors (Lipinski definition) is 2. The maximum absolute atomic E-state index is 6.92. The summed E-state index contributed by atoms with van der Waals surface area (Å²) in [6.45, 7) is 4.40. The van der Waals surface area contributed by atoms with Gasteiger partial charge in [-0.3, -0.25) is 5.41 Å². The van der Waals surface area contributed by atoms with Crippen LogP contribution < -0.4 is 0 Å². The first-order valence-corrected chi connectivity index (χ1v) is 2.51. The molecule has 0 atom stereocenters. The van der Waals surface area contributed by atoms with Gasteiger partial charge in [-0.15, -0.1) is 24.8 Å². The van der Waals surface area contributed by atoms with Crippen molar-refractivity contribution in [3.63, 3.8) is 0 Å². The lowest BCUT2D eigenvalue weighted by atomic mass is 10.5. The third-order valence-electron chi connectivity index (χ3n) is 0.640. The molecule has 0 rings (SSSR count). The lowest BCUT2D eigenvalue weighted by Crippen LogP contribution is -1.99. The molecule has 0 heterocycles. The SMILES string of the molecule is CCOC(=N)CC.Cl.Cl. The van der Waals surface area contributed by atoms with E-state index in [1.165, 1.54) is 0 Å². The normalized spacial score (nSPS) is 6.44. The maximum Gasteiger partial charge on any atom is 0.180 e. The van der Waals surface area contributed by atoms with E-state index in [1.54, 1.807) is 0 Å². The molecule has 0 aromatic rings. The topological polar surface area (TPSA) is 33.1 Å². The minimum atomic E-state index is 0. The van der Waals surface area contributed by atoms with Crippen molar-refractivity contribution in [2.45, 2.75) is 20.3 Å². The van der Waals surface area contributed by atoms with Gasteiger partial charge < -0.3 is 4.74 Å². The smallest absolute Gasteiger partial charge is 0.180 e. The quantitative estimate of drug-likeness (QED) is 0.505. The minimum absolute atomic E-state index is 0. The van der Waals surface area contributed by atoms with Gasteiger partial charge in [0.15, 0.2) is 5.90 Å². The zero-order chi connectivity index (χ0) is 5.70. The predicted molar refractivity (Wildman–Crippen MR) is 44.1 cm³/mol. The molecule has 1 N–H and O–H groups in total. The van der Waals surface area contributed by atoms with Crippen molar-refractivity contribution in [1.82, 2.24) is 0 Å². The third-order valence-corrected chi connectivity index (χ3v) is 0.640. The van der Waals surface area contributed by atoms with E-state index in [4.69, 9.17) is 10.1 Å². The fraction of sp³-hybridized carbons (Fsp3) is 0.800. The van der Waals surface area contributed by atoms with Crippen molar-refractivity contribution in [2.24, 2.45) is 0 Å². The lowest BCUT2D eigenvalue weighted by molar-refractivity contribution is 0.316. The van der Waals surface area contributed by atoms with E-state index >= 15 is 0 Å². The molecule has 0 aromatic carbocycles. The molecule has 58 valence electrons. The Labute approximate surface area is 68.3 Å². The summed E-state index contributed by atoms with van der Waals surface area (Å²) in [7, 11) is 0. The Morgan fingerprint density at radius 2 is 1.78 bits per heavy atom. The first kappa shape index (κ1) is 16.0. The van der Waals surface area contributed by atoms with Crippen LogP contribution in [-0.4, -0.2) is 12.5 Å². The van der Waals surface area contributed by atoms with Crippen molar-refractivity contribution in [3.05, 3.63) is 0 Å². The highest BCUT2D eigenvalue weighted by atomic mass is 35.5. The van der Waals surface area contributed by atoms with Crippen LogP contribution in [0.5, 0.6) is 0 Å². The first-order valence-electron chi connectivity index (χ1n) is 2.51. The molecule has 0 saturated heterocycles. The average molecular weight is 174 g/mol. The largest absolute Gasteiger partial charge is 0.481 e. The minimum Gasteiger partial charge on any atom is -0.481 e. The van der Waals surface area contributed by atoms with Gasteiger partial charge in [0, 0.05) is 6.42 Å². The van der Waals surface area contributed by atoms with E-state index in [1.807, 2.05) is 13.8 Å². The fourth-order valence-electron chi connectivity index (χ4n) is 0.276. The van der Waals surface area contributed by atoms with E-state index in [2.05, 4.69) is 0 Å². The first-order chi connectivity index (χ1) is 3.31. The number of nitrogens with one attached hydrogen (secondary N) is 1. The van der Waals surface area contributed by atoms with Gasteiger partial charge in [0.05, 0.1) is 6.61 Å². The van der Waals surface area contributed by atoms with Gasteiger partial charge in [-0.05, 0) is 6.92 Å². The van der Waals surface area contributed by atoms with Gasteiger partial charge in [0.25, 0.3) is 0 Å². The zero-order valence-corrected chi connectivity index (χ0v) is 7.27. The number of hydrogen-bond donors (Lipinski definition) is 1. The highest BCUT2D eigenvalue weighted by molar-refractivity contribution is 5.85. The molecule has 9 heavy (non-hydrogen) atoms. The predicted octanol–water partition coefficient (Wildman–Crippen LogP) is 2.25. The second-order valence-corrected chi connectivity index (χ2v) is 1.21. The van der Waals surface area contributed by atoms with Gasteiger partial charge in [0.2, 0.25) is 0 Å². The van der Waals surface area contributed by atoms with Crippen LogP contribution in [0.1, 0.15) is 20.3 Å². The summed E-state index contributed by atoms with van der Waals surface area (Å²) in [6.07, 6.45) is 0.702. The molecule has 0 aliphatic rings. The van der Waals surface area contributed by atoms with Crippen LogP contribution in [0.4, 0.5) is 0 Å². The summed E-state index contributed by atoms with van der Waals surface area (Å²) < 4.78 is 4.77. The van der Waals surface area contributed by atoms with Crippen LogP contribution in [0.2, 0.25) is 0 Å². The van der Waals surface area contributed by atoms with Crippen LogP contribution in [0, 0.1) is 5.41 Å². The van der Waals surface area contributed by atoms with E-state index in [0.717, 1.165) is 0 Å². The van der Waals surface area contributed by atoms with E-state index in [0.29, 0.717) is 18.9 Å². The summed E-state index contributed by atoms with van der Waals surface area (Å²) in [4.78, 5) is 0. The molecule has 0 aliphatic heterocycles. The average Bonchev–Trinajstić information content (AvgIpc) is 1.68. The van der Waals surface area contributed by atoms with Crippen molar-refractivity contribution in [2.75, 3.05) is 6.61 Å². The van der Waals surface area contributed by atoms with Crippen LogP contribution in [0.25, 0.3) is 0 Å². The van der Waals surface area contributed by atoms with Crippen LogP contribution >= 0.6 is 24.8 Å². The zero-order valence-electron chi connectivity index (χ0n) is 5.64. The maximum atomic E-state index is 6.92. The van der Waals surface area contributed by atoms with Gasteiger partial charge in [-0.1, -0.05) is 6.92 Å². The van der Waals surface area contributed by atoms with E-state index in [-0.39, 0.29) is 24.8 Å². The Bertz CT molecular complexity index is 68.0. The van der Waals surface area contributed by atoms with E-state index in [9.17, 15) is 0 Å². The Morgan fingerprint density at radius 1 is 1.33 bits per heavy atom. The van der Waals surface area contributed by atoms with Gasteiger partial charge >= 0.3 is 0 Å². The van der Waals surface area contributed by atoms with Crippen molar-refractivity contribution < 1.29 is 4.74 Å². The van der Waals surface area contributed by atoms with Gasteiger partial charge in [-0.25, -0.2) is 0 Å². The van der Waals surface area contributed by atoms with Crippen LogP contribution in [-0.2, 0) is 4.74 Å². The van der Waals surface area contributed by atoms with Crippen LogP contribution in [0.15, 0.2) is 0 Å². The third kappa shape index (κ3) is 11.6. The molecule has 0 unspecified atom stereocenters. The second kappa shape index (κ2) is 10.9. The van der Waals surface area contributed by atoms with Gasteiger partial charge in [0.1, 0.15) is 0 Å². The van der Waals surface area contributed by atoms with Crippen molar-refractivity contribution >= 4 is 30.7 Å².